The molecule has 1 aliphatic rings. The molecule has 7 nitrogen and oxygen atoms in total. The number of rotatable bonds is 9. The molecule has 3 rings (SSSR count). The van der Waals surface area contributed by atoms with E-state index in [9.17, 15) is 4.79 Å². The zero-order chi connectivity index (χ0) is 22.2. The van der Waals surface area contributed by atoms with E-state index in [-0.39, 0.29) is 11.9 Å². The zero-order valence-corrected chi connectivity index (χ0v) is 18.9. The number of morpholine rings is 1. The highest BCUT2D eigenvalue weighted by Crippen LogP contribution is 2.28. The molecule has 2 aromatic carbocycles. The smallest absolute Gasteiger partial charge is 0.241 e. The number of carbonyl (C=O) groups excluding carboxylic acids is 1. The van der Waals surface area contributed by atoms with E-state index in [1.165, 1.54) is 0 Å². The Hall–Kier alpha value is -2.77. The van der Waals surface area contributed by atoms with Crippen molar-refractivity contribution < 1.29 is 19.0 Å². The first-order valence-electron chi connectivity index (χ1n) is 10.8. The number of carbonyl (C=O) groups is 1. The maximum atomic E-state index is 12.8. The van der Waals surface area contributed by atoms with Crippen LogP contribution >= 0.6 is 0 Å². The topological polar surface area (TPSA) is 63.3 Å². The van der Waals surface area contributed by atoms with Crippen LogP contribution in [0.4, 0.5) is 11.4 Å². The molecule has 31 heavy (non-hydrogen) atoms. The third-order valence-corrected chi connectivity index (χ3v) is 5.51. The summed E-state index contributed by atoms with van der Waals surface area (Å²) < 4.78 is 16.4. The van der Waals surface area contributed by atoms with E-state index >= 15 is 0 Å². The Morgan fingerprint density at radius 1 is 1.16 bits per heavy atom. The van der Waals surface area contributed by atoms with Gasteiger partial charge < -0.3 is 24.4 Å². The predicted octanol–water partition coefficient (Wildman–Crippen LogP) is 3.39. The second-order valence-electron chi connectivity index (χ2n) is 7.64. The standard InChI is InChI=1S/C24H33N3O4/c1-5-31-22-11-6-19(16-23(22)29-4)17-26(3)18(2)24(28)25-20-7-9-21(10-8-20)27-12-14-30-15-13-27/h6-11,16,18H,5,12-15,17H2,1-4H3,(H,25,28)/t18-/m1/s1. The van der Waals surface area contributed by atoms with Crippen LogP contribution in [0.15, 0.2) is 42.5 Å². The Bertz CT molecular complexity index is 850. The van der Waals surface area contributed by atoms with Gasteiger partial charge in [-0.1, -0.05) is 6.07 Å². The quantitative estimate of drug-likeness (QED) is 0.662. The number of hydrogen-bond donors (Lipinski definition) is 1. The largest absolute Gasteiger partial charge is 0.493 e. The summed E-state index contributed by atoms with van der Waals surface area (Å²) in [5.74, 6) is 1.38. The van der Waals surface area contributed by atoms with Crippen LogP contribution < -0.4 is 19.7 Å². The molecule has 2 aromatic rings. The number of ether oxygens (including phenoxy) is 3. The van der Waals surface area contributed by atoms with E-state index in [4.69, 9.17) is 14.2 Å². The summed E-state index contributed by atoms with van der Waals surface area (Å²) in [5.41, 5.74) is 3.00. The van der Waals surface area contributed by atoms with Crippen LogP contribution in [0.25, 0.3) is 0 Å². The van der Waals surface area contributed by atoms with E-state index in [2.05, 4.69) is 10.2 Å². The highest BCUT2D eigenvalue weighted by molar-refractivity contribution is 5.94. The van der Waals surface area contributed by atoms with Crippen LogP contribution in [-0.4, -0.2) is 63.9 Å². The van der Waals surface area contributed by atoms with E-state index in [1.807, 2.05) is 68.3 Å². The molecule has 0 radical (unpaired) electrons. The fourth-order valence-electron chi connectivity index (χ4n) is 3.53. The number of anilines is 2. The lowest BCUT2D eigenvalue weighted by Crippen LogP contribution is -2.39. The van der Waals surface area contributed by atoms with E-state index in [1.54, 1.807) is 7.11 Å². The summed E-state index contributed by atoms with van der Waals surface area (Å²) in [6, 6.07) is 13.6. The van der Waals surface area contributed by atoms with Gasteiger partial charge in [0.25, 0.3) is 0 Å². The van der Waals surface area contributed by atoms with Gasteiger partial charge in [0.15, 0.2) is 11.5 Å². The Morgan fingerprint density at radius 2 is 1.87 bits per heavy atom. The normalized spacial score (nSPS) is 14.9. The molecule has 1 saturated heterocycles. The average Bonchev–Trinajstić information content (AvgIpc) is 2.80. The van der Waals surface area contributed by atoms with Crippen LogP contribution in [0.5, 0.6) is 11.5 Å². The summed E-state index contributed by atoms with van der Waals surface area (Å²) in [7, 11) is 3.57. The molecule has 1 aliphatic heterocycles. The van der Waals surface area contributed by atoms with Crippen molar-refractivity contribution in [2.24, 2.45) is 0 Å². The highest BCUT2D eigenvalue weighted by Gasteiger charge is 2.19. The van der Waals surface area contributed by atoms with E-state index in [0.29, 0.717) is 18.9 Å². The van der Waals surface area contributed by atoms with Gasteiger partial charge in [-0.05, 0) is 62.9 Å². The molecule has 1 fully saturated rings. The molecule has 0 bridgehead atoms. The summed E-state index contributed by atoms with van der Waals surface area (Å²) in [6.07, 6.45) is 0. The van der Waals surface area contributed by atoms with E-state index in [0.717, 1.165) is 49.0 Å². The first kappa shape index (κ1) is 22.9. The lowest BCUT2D eigenvalue weighted by atomic mass is 10.1. The van der Waals surface area contributed by atoms with Crippen LogP contribution in [-0.2, 0) is 16.1 Å². The van der Waals surface area contributed by atoms with E-state index < -0.39 is 0 Å². The van der Waals surface area contributed by atoms with Gasteiger partial charge in [0.2, 0.25) is 5.91 Å². The molecule has 7 heteroatoms. The number of likely N-dealkylation sites (N-methyl/N-ethyl adjacent to an activating group) is 1. The van der Waals surface area contributed by atoms with Crippen LogP contribution in [0, 0.1) is 0 Å². The average molecular weight is 428 g/mol. The summed E-state index contributed by atoms with van der Waals surface area (Å²) in [6.45, 7) is 8.34. The molecular weight excluding hydrogens is 394 g/mol. The molecule has 0 spiro atoms. The van der Waals surface area contributed by atoms with Crippen molar-refractivity contribution in [2.45, 2.75) is 26.4 Å². The van der Waals surface area contributed by atoms with Gasteiger partial charge >= 0.3 is 0 Å². The van der Waals surface area contributed by atoms with Crippen molar-refractivity contribution in [3.63, 3.8) is 0 Å². The van der Waals surface area contributed by atoms with Crippen LogP contribution in [0.1, 0.15) is 19.4 Å². The predicted molar refractivity (Wildman–Crippen MR) is 123 cm³/mol. The van der Waals surface area contributed by atoms with Crippen molar-refractivity contribution in [1.29, 1.82) is 0 Å². The van der Waals surface area contributed by atoms with Gasteiger partial charge in [-0.2, -0.15) is 0 Å². The molecular formula is C24H33N3O4. The molecule has 0 aliphatic carbocycles. The Balaban J connectivity index is 1.56. The molecule has 0 unspecified atom stereocenters. The summed E-state index contributed by atoms with van der Waals surface area (Å²) in [4.78, 5) is 17.1. The van der Waals surface area contributed by atoms with Crippen molar-refractivity contribution >= 4 is 17.3 Å². The van der Waals surface area contributed by atoms with Crippen LogP contribution in [0.2, 0.25) is 0 Å². The van der Waals surface area contributed by atoms with Crippen molar-refractivity contribution in [1.82, 2.24) is 4.90 Å². The maximum absolute atomic E-state index is 12.8. The third kappa shape index (κ3) is 6.12. The van der Waals surface area contributed by atoms with Gasteiger partial charge in [0.1, 0.15) is 0 Å². The Kier molecular flexibility index (Phi) is 8.14. The molecule has 168 valence electrons. The lowest BCUT2D eigenvalue weighted by molar-refractivity contribution is -0.120. The first-order chi connectivity index (χ1) is 15.0. The summed E-state index contributed by atoms with van der Waals surface area (Å²) in [5, 5.41) is 3.02. The molecule has 1 amide bonds. The van der Waals surface area contributed by atoms with Crippen molar-refractivity contribution in [3.8, 4) is 11.5 Å². The van der Waals surface area contributed by atoms with Crippen molar-refractivity contribution in [3.05, 3.63) is 48.0 Å². The molecule has 0 aromatic heterocycles. The second-order valence-corrected chi connectivity index (χ2v) is 7.64. The number of nitrogens with zero attached hydrogens (tertiary/aromatic N) is 2. The van der Waals surface area contributed by atoms with Gasteiger partial charge in [-0.3, -0.25) is 9.69 Å². The molecule has 0 saturated carbocycles. The number of amides is 1. The monoisotopic (exact) mass is 427 g/mol. The minimum absolute atomic E-state index is 0.0421. The number of hydrogen-bond acceptors (Lipinski definition) is 6. The third-order valence-electron chi connectivity index (χ3n) is 5.51. The first-order valence-corrected chi connectivity index (χ1v) is 10.8. The number of benzene rings is 2. The zero-order valence-electron chi connectivity index (χ0n) is 18.9. The molecule has 1 N–H and O–H groups in total. The van der Waals surface area contributed by atoms with Gasteiger partial charge in [-0.25, -0.2) is 0 Å². The minimum Gasteiger partial charge on any atom is -0.493 e. The van der Waals surface area contributed by atoms with Crippen molar-refractivity contribution in [2.75, 3.05) is 57.3 Å². The Labute approximate surface area is 184 Å². The maximum Gasteiger partial charge on any atom is 0.241 e. The fraction of sp³-hybridized carbons (Fsp3) is 0.458. The fourth-order valence-corrected chi connectivity index (χ4v) is 3.53. The lowest BCUT2D eigenvalue weighted by Gasteiger charge is -2.29. The molecule has 1 atom stereocenters. The molecule has 1 heterocycles. The second kappa shape index (κ2) is 11.0. The Morgan fingerprint density at radius 3 is 2.52 bits per heavy atom. The van der Waals surface area contributed by atoms with Crippen LogP contribution in [0.3, 0.4) is 0 Å². The van der Waals surface area contributed by atoms with Gasteiger partial charge in [0, 0.05) is 31.0 Å². The highest BCUT2D eigenvalue weighted by atomic mass is 16.5. The minimum atomic E-state index is -0.295. The van der Waals surface area contributed by atoms with Gasteiger partial charge in [0.05, 0.1) is 33.0 Å². The summed E-state index contributed by atoms with van der Waals surface area (Å²) >= 11 is 0. The number of methoxy groups -OCH3 is 1. The number of nitrogens with one attached hydrogen (secondary N) is 1. The SMILES string of the molecule is CCOc1ccc(CN(C)[C@H](C)C(=O)Nc2ccc(N3CCOCC3)cc2)cc1OC. The van der Waals surface area contributed by atoms with Gasteiger partial charge in [-0.15, -0.1) is 0 Å².